The Bertz CT molecular complexity index is 868. The van der Waals surface area contributed by atoms with E-state index >= 15 is 0 Å². The van der Waals surface area contributed by atoms with Gasteiger partial charge in [-0.2, -0.15) is 0 Å². The van der Waals surface area contributed by atoms with Gasteiger partial charge < -0.3 is 15.6 Å². The summed E-state index contributed by atoms with van der Waals surface area (Å²) >= 11 is 0. The Morgan fingerprint density at radius 3 is 1.70 bits per heavy atom. The van der Waals surface area contributed by atoms with E-state index in [2.05, 4.69) is 20.8 Å². The molecule has 0 aliphatic heterocycles. The van der Waals surface area contributed by atoms with Gasteiger partial charge in [0.05, 0.1) is 23.6 Å². The molecule has 4 nitrogen and oxygen atoms in total. The van der Waals surface area contributed by atoms with E-state index in [-0.39, 0.29) is 52.7 Å². The zero-order valence-corrected chi connectivity index (χ0v) is 22.9. The molecule has 0 saturated heterocycles. The molecular weight excluding hydrogens is 426 g/mol. The summed E-state index contributed by atoms with van der Waals surface area (Å²) in [7, 11) is -0.104. The number of ether oxygens (including phenoxy) is 3. The van der Waals surface area contributed by atoms with E-state index in [1.54, 1.807) is 0 Å². The second-order valence-electron chi connectivity index (χ2n) is 8.53. The third kappa shape index (κ3) is 8.36. The number of benzene rings is 2. The monoisotopic (exact) mass is 466 g/mol. The van der Waals surface area contributed by atoms with Gasteiger partial charge in [-0.1, -0.05) is 39.0 Å². The fourth-order valence-corrected chi connectivity index (χ4v) is 4.46. The van der Waals surface area contributed by atoms with E-state index in [9.17, 15) is 4.79 Å². The SMILES string of the molecule is CCC(C)Oc1cc(OC(C)CC)c(PC(=O)c2c(C)cccc2C)c(OC(C)CC)c1.[H-].[Li+]. The standard InChI is InChI=1S/C27H39O4P.Li.H/c1-9-19(6)29-22-15-23(30-20(7)10-2)26(24(16-22)31-21(8)11-3)32-27(28)25-17(4)13-12-14-18(25)5;;/h12-16,19-21,32H,9-11H2,1-8H3;;/q;+1;-1. The molecule has 4 unspecified atom stereocenters. The smallest absolute Gasteiger partial charge is 1.00 e. The average molecular weight is 467 g/mol. The molecule has 2 aromatic rings. The van der Waals surface area contributed by atoms with Gasteiger partial charge in [0, 0.05) is 17.7 Å². The molecule has 4 atom stereocenters. The zero-order chi connectivity index (χ0) is 23.8. The third-order valence-electron chi connectivity index (χ3n) is 5.70. The minimum absolute atomic E-state index is 0. The molecule has 0 bridgehead atoms. The van der Waals surface area contributed by atoms with E-state index < -0.39 is 0 Å². The second-order valence-corrected chi connectivity index (χ2v) is 9.73. The van der Waals surface area contributed by atoms with Crippen LogP contribution in [0.1, 0.15) is 83.7 Å². The first-order valence-corrected chi connectivity index (χ1v) is 12.8. The Hall–Kier alpha value is -1.46. The molecule has 2 aromatic carbocycles. The Balaban J connectivity index is 0.00000544. The van der Waals surface area contributed by atoms with E-state index in [1.165, 1.54) is 0 Å². The van der Waals surface area contributed by atoms with E-state index in [0.717, 1.165) is 41.3 Å². The predicted octanol–water partition coefficient (Wildman–Crippen LogP) is 4.10. The van der Waals surface area contributed by atoms with Gasteiger partial charge in [0.15, 0.2) is 5.52 Å². The Labute approximate surface area is 215 Å². The molecule has 0 aliphatic carbocycles. The first kappa shape index (κ1) is 29.6. The number of hydrogen-bond acceptors (Lipinski definition) is 4. The van der Waals surface area contributed by atoms with Crippen molar-refractivity contribution in [3.63, 3.8) is 0 Å². The van der Waals surface area contributed by atoms with Gasteiger partial charge in [0.2, 0.25) is 0 Å². The fraction of sp³-hybridized carbons (Fsp3) is 0.519. The van der Waals surface area contributed by atoms with Gasteiger partial charge in [-0.25, -0.2) is 0 Å². The molecule has 0 N–H and O–H groups in total. The minimum atomic E-state index is -0.104. The molecule has 0 amide bonds. The summed E-state index contributed by atoms with van der Waals surface area (Å²) in [5.74, 6) is 2.07. The number of aryl methyl sites for hydroxylation is 2. The van der Waals surface area contributed by atoms with Crippen molar-refractivity contribution in [1.29, 1.82) is 0 Å². The summed E-state index contributed by atoms with van der Waals surface area (Å²) in [6.07, 6.45) is 2.75. The van der Waals surface area contributed by atoms with Crippen molar-refractivity contribution in [3.8, 4) is 17.2 Å². The molecular formula is C27H40LiO4P. The topological polar surface area (TPSA) is 44.8 Å². The van der Waals surface area contributed by atoms with Crippen LogP contribution < -0.4 is 38.4 Å². The van der Waals surface area contributed by atoms with Gasteiger partial charge in [-0.05, 0) is 73.6 Å². The van der Waals surface area contributed by atoms with Crippen LogP contribution in [0.25, 0.3) is 0 Å². The summed E-state index contributed by atoms with van der Waals surface area (Å²) in [6, 6.07) is 9.80. The number of hydrogen-bond donors (Lipinski definition) is 0. The molecule has 0 aromatic heterocycles. The van der Waals surface area contributed by atoms with Crippen LogP contribution in [0, 0.1) is 13.8 Å². The fourth-order valence-electron chi connectivity index (χ4n) is 3.21. The van der Waals surface area contributed by atoms with Crippen molar-refractivity contribution in [2.75, 3.05) is 0 Å². The van der Waals surface area contributed by atoms with Crippen LogP contribution in [-0.4, -0.2) is 23.8 Å². The van der Waals surface area contributed by atoms with Crippen LogP contribution in [0.3, 0.4) is 0 Å². The maximum atomic E-state index is 13.4. The van der Waals surface area contributed by atoms with E-state index in [4.69, 9.17) is 14.2 Å². The van der Waals surface area contributed by atoms with Crippen LogP contribution in [0.4, 0.5) is 0 Å². The first-order valence-electron chi connectivity index (χ1n) is 11.8. The van der Waals surface area contributed by atoms with Crippen LogP contribution in [0.15, 0.2) is 30.3 Å². The zero-order valence-electron chi connectivity index (χ0n) is 22.9. The van der Waals surface area contributed by atoms with Crippen molar-refractivity contribution < 1.29 is 39.3 Å². The molecule has 0 radical (unpaired) electrons. The molecule has 2 rings (SSSR count). The van der Waals surface area contributed by atoms with Gasteiger partial charge in [-0.15, -0.1) is 0 Å². The van der Waals surface area contributed by atoms with E-state index in [0.29, 0.717) is 17.2 Å². The number of carbonyl (C=O) groups is 1. The van der Waals surface area contributed by atoms with Gasteiger partial charge in [0.25, 0.3) is 0 Å². The Morgan fingerprint density at radius 2 is 1.27 bits per heavy atom. The summed E-state index contributed by atoms with van der Waals surface area (Å²) < 4.78 is 18.7. The van der Waals surface area contributed by atoms with E-state index in [1.807, 2.05) is 65.0 Å². The van der Waals surface area contributed by atoms with Gasteiger partial charge in [0.1, 0.15) is 17.2 Å². The van der Waals surface area contributed by atoms with Gasteiger partial charge in [-0.3, -0.25) is 4.79 Å². The largest absolute Gasteiger partial charge is 1.00 e. The molecule has 0 fully saturated rings. The van der Waals surface area contributed by atoms with Crippen molar-refractivity contribution >= 4 is 19.4 Å². The maximum absolute atomic E-state index is 13.4. The number of carbonyl (C=O) groups excluding carboxylic acids is 1. The Morgan fingerprint density at radius 1 is 0.848 bits per heavy atom. The minimum Gasteiger partial charge on any atom is -1.00 e. The molecule has 178 valence electrons. The molecule has 0 aliphatic rings. The van der Waals surface area contributed by atoms with Crippen molar-refractivity contribution in [1.82, 2.24) is 0 Å². The predicted molar refractivity (Wildman–Crippen MR) is 137 cm³/mol. The summed E-state index contributed by atoms with van der Waals surface area (Å²) in [4.78, 5) is 13.4. The summed E-state index contributed by atoms with van der Waals surface area (Å²) in [6.45, 7) is 16.4. The quantitative estimate of drug-likeness (QED) is 0.349. The molecule has 0 saturated carbocycles. The first-order chi connectivity index (χ1) is 15.2. The van der Waals surface area contributed by atoms with Gasteiger partial charge >= 0.3 is 18.9 Å². The van der Waals surface area contributed by atoms with Crippen LogP contribution in [-0.2, 0) is 0 Å². The molecule has 6 heteroatoms. The van der Waals surface area contributed by atoms with Crippen molar-refractivity contribution in [2.24, 2.45) is 0 Å². The average Bonchev–Trinajstić information content (AvgIpc) is 2.75. The molecule has 0 heterocycles. The molecule has 0 spiro atoms. The van der Waals surface area contributed by atoms with Crippen LogP contribution in [0.5, 0.6) is 17.2 Å². The van der Waals surface area contributed by atoms with Crippen LogP contribution >= 0.6 is 8.58 Å². The van der Waals surface area contributed by atoms with Crippen molar-refractivity contribution in [2.45, 2.75) is 93.0 Å². The normalized spacial score (nSPS) is 13.8. The maximum Gasteiger partial charge on any atom is 1.00 e. The second kappa shape index (κ2) is 14.1. The summed E-state index contributed by atoms with van der Waals surface area (Å²) in [5, 5.41) is 0.815. The number of rotatable bonds is 12. The van der Waals surface area contributed by atoms with Crippen molar-refractivity contribution in [3.05, 3.63) is 47.0 Å². The van der Waals surface area contributed by atoms with Crippen LogP contribution in [0.2, 0.25) is 0 Å². The molecule has 33 heavy (non-hydrogen) atoms. The Kier molecular flexibility index (Phi) is 12.6. The summed E-state index contributed by atoms with van der Waals surface area (Å²) in [5.41, 5.74) is 2.87. The third-order valence-corrected chi connectivity index (χ3v) is 6.92.